The summed E-state index contributed by atoms with van der Waals surface area (Å²) in [7, 11) is 0. The van der Waals surface area contributed by atoms with Crippen molar-refractivity contribution in [3.05, 3.63) is 28.2 Å². The van der Waals surface area contributed by atoms with Crippen LogP contribution in [0.2, 0.25) is 10.0 Å². The second kappa shape index (κ2) is 8.47. The van der Waals surface area contributed by atoms with Crippen LogP contribution in [0, 0.1) is 5.92 Å². The van der Waals surface area contributed by atoms with Crippen molar-refractivity contribution in [1.82, 2.24) is 5.32 Å². The van der Waals surface area contributed by atoms with Crippen molar-refractivity contribution in [2.75, 3.05) is 26.4 Å². The number of amides is 1. The first-order valence-electron chi connectivity index (χ1n) is 7.07. The van der Waals surface area contributed by atoms with Gasteiger partial charge in [-0.2, -0.15) is 0 Å². The lowest BCUT2D eigenvalue weighted by molar-refractivity contribution is -0.123. The first-order valence-corrected chi connectivity index (χ1v) is 7.83. The van der Waals surface area contributed by atoms with E-state index in [0.717, 1.165) is 26.1 Å². The maximum atomic E-state index is 11.7. The lowest BCUT2D eigenvalue weighted by Gasteiger charge is -2.21. The molecule has 1 saturated heterocycles. The average molecular weight is 332 g/mol. The highest BCUT2D eigenvalue weighted by atomic mass is 35.5. The van der Waals surface area contributed by atoms with Gasteiger partial charge < -0.3 is 14.8 Å². The maximum absolute atomic E-state index is 11.7. The fourth-order valence-electron chi connectivity index (χ4n) is 2.24. The molecule has 1 atom stereocenters. The molecular formula is C15H19Cl2NO3. The Morgan fingerprint density at radius 1 is 1.43 bits per heavy atom. The van der Waals surface area contributed by atoms with Crippen molar-refractivity contribution in [2.45, 2.75) is 19.3 Å². The summed E-state index contributed by atoms with van der Waals surface area (Å²) >= 11 is 11.8. The van der Waals surface area contributed by atoms with Crippen LogP contribution in [0.1, 0.15) is 19.3 Å². The van der Waals surface area contributed by atoms with Crippen LogP contribution in [0.25, 0.3) is 0 Å². The molecule has 0 saturated carbocycles. The molecule has 0 bridgehead atoms. The quantitative estimate of drug-likeness (QED) is 0.869. The first kappa shape index (κ1) is 16.4. The Kier molecular flexibility index (Phi) is 6.61. The molecule has 0 aromatic heterocycles. The molecule has 0 spiro atoms. The van der Waals surface area contributed by atoms with Crippen LogP contribution in [-0.4, -0.2) is 32.3 Å². The van der Waals surface area contributed by atoms with E-state index >= 15 is 0 Å². The van der Waals surface area contributed by atoms with Crippen LogP contribution in [0.4, 0.5) is 0 Å². The first-order chi connectivity index (χ1) is 10.1. The lowest BCUT2D eigenvalue weighted by atomic mass is 9.99. The minimum Gasteiger partial charge on any atom is -0.482 e. The zero-order valence-electron chi connectivity index (χ0n) is 11.7. The van der Waals surface area contributed by atoms with Crippen molar-refractivity contribution in [3.63, 3.8) is 0 Å². The zero-order valence-corrected chi connectivity index (χ0v) is 13.3. The van der Waals surface area contributed by atoms with Crippen LogP contribution >= 0.6 is 23.2 Å². The van der Waals surface area contributed by atoms with E-state index in [0.29, 0.717) is 28.3 Å². The van der Waals surface area contributed by atoms with Crippen molar-refractivity contribution >= 4 is 29.1 Å². The van der Waals surface area contributed by atoms with E-state index in [4.69, 9.17) is 32.7 Å². The third-order valence-corrected chi connectivity index (χ3v) is 3.91. The third-order valence-electron chi connectivity index (χ3n) is 3.38. The molecule has 1 fully saturated rings. The predicted molar refractivity (Wildman–Crippen MR) is 83.1 cm³/mol. The zero-order chi connectivity index (χ0) is 15.1. The van der Waals surface area contributed by atoms with Gasteiger partial charge >= 0.3 is 0 Å². The summed E-state index contributed by atoms with van der Waals surface area (Å²) in [6, 6.07) is 4.90. The minimum atomic E-state index is -0.155. The topological polar surface area (TPSA) is 47.6 Å². The van der Waals surface area contributed by atoms with E-state index in [-0.39, 0.29) is 12.5 Å². The number of carbonyl (C=O) groups excluding carboxylic acids is 1. The van der Waals surface area contributed by atoms with Crippen molar-refractivity contribution in [1.29, 1.82) is 0 Å². The Labute approximate surface area is 134 Å². The fourth-order valence-corrected chi connectivity index (χ4v) is 2.70. The van der Waals surface area contributed by atoms with Gasteiger partial charge in [0.2, 0.25) is 0 Å². The van der Waals surface area contributed by atoms with Crippen molar-refractivity contribution < 1.29 is 14.3 Å². The van der Waals surface area contributed by atoms with Crippen LogP contribution in [0.15, 0.2) is 18.2 Å². The van der Waals surface area contributed by atoms with Gasteiger partial charge in [0.1, 0.15) is 5.75 Å². The Bertz CT molecular complexity index is 476. The van der Waals surface area contributed by atoms with Gasteiger partial charge in [-0.15, -0.1) is 0 Å². The second-order valence-corrected chi connectivity index (χ2v) is 5.93. The van der Waals surface area contributed by atoms with E-state index in [2.05, 4.69) is 5.32 Å². The monoisotopic (exact) mass is 331 g/mol. The Morgan fingerprint density at radius 2 is 2.29 bits per heavy atom. The summed E-state index contributed by atoms with van der Waals surface area (Å²) in [5.74, 6) is 0.848. The molecule has 6 heteroatoms. The van der Waals surface area contributed by atoms with Crippen molar-refractivity contribution in [3.8, 4) is 5.75 Å². The highest BCUT2D eigenvalue weighted by Gasteiger charge is 2.14. The molecule has 1 aromatic rings. The van der Waals surface area contributed by atoms with E-state index in [9.17, 15) is 4.79 Å². The molecule has 1 aromatic carbocycles. The third kappa shape index (κ3) is 5.73. The molecule has 4 nitrogen and oxygen atoms in total. The highest BCUT2D eigenvalue weighted by Crippen LogP contribution is 2.27. The summed E-state index contributed by atoms with van der Waals surface area (Å²) in [6.45, 7) is 2.25. The van der Waals surface area contributed by atoms with Gasteiger partial charge in [-0.25, -0.2) is 0 Å². The van der Waals surface area contributed by atoms with Gasteiger partial charge in [0, 0.05) is 24.8 Å². The van der Waals surface area contributed by atoms with E-state index in [1.165, 1.54) is 6.42 Å². The Hall–Kier alpha value is -0.970. The molecule has 0 aliphatic carbocycles. The number of hydrogen-bond donors (Lipinski definition) is 1. The number of halogens is 2. The Balaban J connectivity index is 1.65. The summed E-state index contributed by atoms with van der Waals surface area (Å²) in [5, 5.41) is 3.77. The SMILES string of the molecule is O=C(COc1ccc(Cl)cc1Cl)NCC[C@@H]1CCCOC1. The number of carbonyl (C=O) groups is 1. The van der Waals surface area contributed by atoms with Gasteiger partial charge in [0.15, 0.2) is 6.61 Å². The molecule has 1 N–H and O–H groups in total. The molecular weight excluding hydrogens is 313 g/mol. The number of hydrogen-bond acceptors (Lipinski definition) is 3. The molecule has 116 valence electrons. The molecule has 1 aliphatic heterocycles. The van der Waals surface area contributed by atoms with Gasteiger partial charge in [0.25, 0.3) is 5.91 Å². The van der Waals surface area contributed by atoms with Crippen LogP contribution in [-0.2, 0) is 9.53 Å². The molecule has 2 rings (SSSR count). The molecule has 21 heavy (non-hydrogen) atoms. The fraction of sp³-hybridized carbons (Fsp3) is 0.533. The molecule has 1 amide bonds. The van der Waals surface area contributed by atoms with Crippen molar-refractivity contribution in [2.24, 2.45) is 5.92 Å². The molecule has 1 aliphatic rings. The maximum Gasteiger partial charge on any atom is 0.257 e. The number of rotatable bonds is 6. The Morgan fingerprint density at radius 3 is 3.00 bits per heavy atom. The minimum absolute atomic E-state index is 0.0531. The summed E-state index contributed by atoms with van der Waals surface area (Å²) in [6.07, 6.45) is 3.22. The standard InChI is InChI=1S/C15H19Cl2NO3/c16-12-3-4-14(13(17)8-12)21-10-15(19)18-6-5-11-2-1-7-20-9-11/h3-4,8,11H,1-2,5-7,9-10H2,(H,18,19)/t11-/m0/s1. The normalized spacial score (nSPS) is 18.3. The van der Waals surface area contributed by atoms with Gasteiger partial charge in [-0.1, -0.05) is 23.2 Å². The number of ether oxygens (including phenoxy) is 2. The molecule has 0 radical (unpaired) electrons. The summed E-state index contributed by atoms with van der Waals surface area (Å²) in [5.41, 5.74) is 0. The summed E-state index contributed by atoms with van der Waals surface area (Å²) in [4.78, 5) is 11.7. The van der Waals surface area contributed by atoms with E-state index in [1.807, 2.05) is 0 Å². The van der Waals surface area contributed by atoms with Gasteiger partial charge in [-0.05, 0) is 43.4 Å². The van der Waals surface area contributed by atoms with Crippen LogP contribution < -0.4 is 10.1 Å². The number of benzene rings is 1. The highest BCUT2D eigenvalue weighted by molar-refractivity contribution is 6.35. The predicted octanol–water partition coefficient (Wildman–Crippen LogP) is 3.31. The second-order valence-electron chi connectivity index (χ2n) is 5.09. The van der Waals surface area contributed by atoms with Crippen LogP contribution in [0.5, 0.6) is 5.75 Å². The van der Waals surface area contributed by atoms with Gasteiger partial charge in [-0.3, -0.25) is 4.79 Å². The lowest BCUT2D eigenvalue weighted by Crippen LogP contribution is -2.31. The largest absolute Gasteiger partial charge is 0.482 e. The molecule has 0 unspecified atom stereocenters. The van der Waals surface area contributed by atoms with Gasteiger partial charge in [0.05, 0.1) is 5.02 Å². The smallest absolute Gasteiger partial charge is 0.257 e. The van der Waals surface area contributed by atoms with E-state index in [1.54, 1.807) is 18.2 Å². The summed E-state index contributed by atoms with van der Waals surface area (Å²) < 4.78 is 10.8. The number of nitrogens with one attached hydrogen (secondary N) is 1. The van der Waals surface area contributed by atoms with Crippen LogP contribution in [0.3, 0.4) is 0 Å². The molecule has 1 heterocycles. The van der Waals surface area contributed by atoms with E-state index < -0.39 is 0 Å². The average Bonchev–Trinajstić information content (AvgIpc) is 2.47.